The molecule has 0 spiro atoms. The molecule has 2 amide bonds. The summed E-state index contributed by atoms with van der Waals surface area (Å²) in [6.07, 6.45) is -0.235. The predicted octanol–water partition coefficient (Wildman–Crippen LogP) is 4.76. The van der Waals surface area contributed by atoms with Crippen LogP contribution in [0.25, 0.3) is 11.3 Å². The number of benzene rings is 2. The molecule has 0 saturated carbocycles. The first-order chi connectivity index (χ1) is 20.8. The number of carbonyl (C=O) groups excluding carboxylic acids is 2. The lowest BCUT2D eigenvalue weighted by Gasteiger charge is -2.16. The summed E-state index contributed by atoms with van der Waals surface area (Å²) in [6.45, 7) is 4.73. The SMILES string of the molecule is CCNc1ccc(-c2nn3c(c2C(=O)N[C@H]2N=C(c4ccccc4)c4cccc(F)c4NC2=O)O[C@H](C)CCC3)c(F)n1. The number of rotatable bonds is 6. The van der Waals surface area contributed by atoms with E-state index in [9.17, 15) is 14.0 Å². The largest absolute Gasteiger partial charge is 0.474 e. The van der Waals surface area contributed by atoms with E-state index in [1.54, 1.807) is 36.4 Å². The minimum atomic E-state index is -1.46. The molecule has 2 aliphatic heterocycles. The van der Waals surface area contributed by atoms with Crippen molar-refractivity contribution < 1.29 is 23.1 Å². The van der Waals surface area contributed by atoms with E-state index in [-0.39, 0.29) is 34.5 Å². The fraction of sp³-hybridized carbons (Fsp3) is 0.258. The number of para-hydroxylation sites is 1. The molecule has 4 heterocycles. The van der Waals surface area contributed by atoms with Crippen molar-refractivity contribution in [2.24, 2.45) is 4.99 Å². The van der Waals surface area contributed by atoms with Gasteiger partial charge in [-0.1, -0.05) is 42.5 Å². The number of benzodiazepines with no additional fused rings is 1. The molecule has 0 unspecified atom stereocenters. The molecule has 4 aromatic rings. The molecule has 220 valence electrons. The Morgan fingerprint density at radius 2 is 1.91 bits per heavy atom. The van der Waals surface area contributed by atoms with Gasteiger partial charge in [-0.25, -0.2) is 19.0 Å². The molecule has 2 atom stereocenters. The third-order valence-corrected chi connectivity index (χ3v) is 7.23. The number of pyridine rings is 1. The number of nitrogens with zero attached hydrogens (tertiary/aromatic N) is 4. The van der Waals surface area contributed by atoms with Crippen LogP contribution in [0.4, 0.5) is 20.3 Å². The number of aryl methyl sites for hydroxylation is 1. The maximum Gasteiger partial charge on any atom is 0.269 e. The number of fused-ring (bicyclic) bond motifs is 2. The summed E-state index contributed by atoms with van der Waals surface area (Å²) in [4.78, 5) is 36.0. The summed E-state index contributed by atoms with van der Waals surface area (Å²) in [5, 5.41) is 12.7. The molecule has 2 aromatic carbocycles. The number of aromatic nitrogens is 3. The van der Waals surface area contributed by atoms with Gasteiger partial charge in [-0.3, -0.25) is 9.59 Å². The summed E-state index contributed by atoms with van der Waals surface area (Å²) in [5.74, 6) is -2.48. The molecule has 0 bridgehead atoms. The van der Waals surface area contributed by atoms with E-state index in [0.29, 0.717) is 35.7 Å². The van der Waals surface area contributed by atoms with Crippen LogP contribution in [0, 0.1) is 11.8 Å². The van der Waals surface area contributed by atoms with E-state index in [1.165, 1.54) is 22.9 Å². The standard InChI is InChI=1S/C31H29F2N7O3/c1-3-34-22-15-14-20(27(33)35-22)26-23(31-40(39-26)16-8-9-17(2)43-31)29(41)38-28-30(42)37-25-19(12-7-13-21(25)32)24(36-28)18-10-5-4-6-11-18/h4-7,10-15,17,28H,3,8-9,16H2,1-2H3,(H,34,35)(H,37,42)(H,38,41)/t17-,28-/m1/s1. The number of amides is 2. The van der Waals surface area contributed by atoms with Crippen molar-refractivity contribution in [3.8, 4) is 17.1 Å². The Balaban J connectivity index is 1.44. The second-order valence-corrected chi connectivity index (χ2v) is 10.3. The highest BCUT2D eigenvalue weighted by Crippen LogP contribution is 2.35. The molecule has 0 saturated heterocycles. The van der Waals surface area contributed by atoms with Crippen LogP contribution >= 0.6 is 0 Å². The van der Waals surface area contributed by atoms with Gasteiger partial charge >= 0.3 is 0 Å². The zero-order valence-corrected chi connectivity index (χ0v) is 23.5. The Kier molecular flexibility index (Phi) is 7.58. The van der Waals surface area contributed by atoms with Gasteiger partial charge in [-0.2, -0.15) is 9.49 Å². The second-order valence-electron chi connectivity index (χ2n) is 10.3. The van der Waals surface area contributed by atoms with E-state index in [2.05, 4.69) is 31.0 Å². The molecule has 10 nitrogen and oxygen atoms in total. The first kappa shape index (κ1) is 28.0. The lowest BCUT2D eigenvalue weighted by Crippen LogP contribution is -2.42. The Labute approximate surface area is 246 Å². The molecular weight excluding hydrogens is 556 g/mol. The zero-order chi connectivity index (χ0) is 30.1. The summed E-state index contributed by atoms with van der Waals surface area (Å²) < 4.78 is 37.9. The molecular formula is C31H29F2N7O3. The topological polar surface area (TPSA) is 123 Å². The van der Waals surface area contributed by atoms with Crippen molar-refractivity contribution in [3.05, 3.63) is 89.1 Å². The average molecular weight is 586 g/mol. The fourth-order valence-corrected chi connectivity index (χ4v) is 5.20. The van der Waals surface area contributed by atoms with Crippen molar-refractivity contribution >= 4 is 29.0 Å². The number of carbonyl (C=O) groups is 2. The number of hydrogen-bond acceptors (Lipinski definition) is 7. The average Bonchev–Trinajstić information content (AvgIpc) is 3.13. The highest BCUT2D eigenvalue weighted by atomic mass is 19.1. The number of hydrogen-bond donors (Lipinski definition) is 3. The van der Waals surface area contributed by atoms with Crippen LogP contribution in [0.2, 0.25) is 0 Å². The zero-order valence-electron chi connectivity index (χ0n) is 23.5. The van der Waals surface area contributed by atoms with Crippen LogP contribution in [0.5, 0.6) is 5.88 Å². The van der Waals surface area contributed by atoms with Crippen LogP contribution in [0.1, 0.15) is 48.2 Å². The minimum Gasteiger partial charge on any atom is -0.474 e. The highest BCUT2D eigenvalue weighted by Gasteiger charge is 2.34. The molecule has 43 heavy (non-hydrogen) atoms. The van der Waals surface area contributed by atoms with Crippen molar-refractivity contribution in [3.63, 3.8) is 0 Å². The molecule has 2 aromatic heterocycles. The third-order valence-electron chi connectivity index (χ3n) is 7.23. The molecule has 6 rings (SSSR count). The predicted molar refractivity (Wildman–Crippen MR) is 157 cm³/mol. The summed E-state index contributed by atoms with van der Waals surface area (Å²) in [7, 11) is 0. The monoisotopic (exact) mass is 585 g/mol. The van der Waals surface area contributed by atoms with Gasteiger partial charge < -0.3 is 20.7 Å². The Hall–Kier alpha value is -5.13. The van der Waals surface area contributed by atoms with Gasteiger partial charge in [-0.05, 0) is 44.9 Å². The van der Waals surface area contributed by atoms with Gasteiger partial charge in [0.2, 0.25) is 18.0 Å². The Morgan fingerprint density at radius 1 is 1.09 bits per heavy atom. The summed E-state index contributed by atoms with van der Waals surface area (Å²) in [5.41, 5.74) is 1.22. The van der Waals surface area contributed by atoms with Crippen molar-refractivity contribution in [2.75, 3.05) is 17.2 Å². The van der Waals surface area contributed by atoms with Crippen LogP contribution in [-0.2, 0) is 11.3 Å². The van der Waals surface area contributed by atoms with Crippen LogP contribution in [0.3, 0.4) is 0 Å². The van der Waals surface area contributed by atoms with E-state index >= 15 is 4.39 Å². The molecule has 0 aliphatic carbocycles. The lowest BCUT2D eigenvalue weighted by molar-refractivity contribution is -0.117. The van der Waals surface area contributed by atoms with Gasteiger partial charge in [0.05, 0.1) is 23.1 Å². The molecule has 2 aliphatic rings. The van der Waals surface area contributed by atoms with Gasteiger partial charge in [0, 0.05) is 24.2 Å². The highest BCUT2D eigenvalue weighted by molar-refractivity contribution is 6.20. The molecule has 0 radical (unpaired) electrons. The van der Waals surface area contributed by atoms with E-state index in [0.717, 1.165) is 12.8 Å². The maximum absolute atomic E-state index is 15.3. The van der Waals surface area contributed by atoms with Gasteiger partial charge in [0.25, 0.3) is 11.8 Å². The number of aliphatic imine (C=N–C) groups is 1. The smallest absolute Gasteiger partial charge is 0.269 e. The van der Waals surface area contributed by atoms with Crippen LogP contribution in [-0.4, -0.2) is 51.1 Å². The van der Waals surface area contributed by atoms with E-state index in [4.69, 9.17) is 4.74 Å². The molecule has 0 fully saturated rings. The third kappa shape index (κ3) is 5.43. The van der Waals surface area contributed by atoms with Gasteiger partial charge in [0.15, 0.2) is 0 Å². The van der Waals surface area contributed by atoms with Crippen molar-refractivity contribution in [1.29, 1.82) is 0 Å². The summed E-state index contributed by atoms with van der Waals surface area (Å²) in [6, 6.07) is 16.5. The normalized spacial score (nSPS) is 17.8. The van der Waals surface area contributed by atoms with E-state index < -0.39 is 29.7 Å². The minimum absolute atomic E-state index is 0.00287. The van der Waals surface area contributed by atoms with E-state index in [1.807, 2.05) is 19.9 Å². The van der Waals surface area contributed by atoms with Gasteiger partial charge in [0.1, 0.15) is 22.9 Å². The van der Waals surface area contributed by atoms with Crippen LogP contribution < -0.4 is 20.7 Å². The van der Waals surface area contributed by atoms with Crippen LogP contribution in [0.15, 0.2) is 65.7 Å². The van der Waals surface area contributed by atoms with Crippen molar-refractivity contribution in [2.45, 2.75) is 45.5 Å². The second kappa shape index (κ2) is 11.6. The fourth-order valence-electron chi connectivity index (χ4n) is 5.20. The number of halogens is 2. The molecule has 12 heteroatoms. The molecule has 3 N–H and O–H groups in total. The summed E-state index contributed by atoms with van der Waals surface area (Å²) >= 11 is 0. The number of ether oxygens (including phenoxy) is 1. The number of nitrogens with one attached hydrogen (secondary N) is 3. The Morgan fingerprint density at radius 3 is 2.67 bits per heavy atom. The first-order valence-corrected chi connectivity index (χ1v) is 14.1. The van der Waals surface area contributed by atoms with Gasteiger partial charge in [-0.15, -0.1) is 0 Å². The quantitative estimate of drug-likeness (QED) is 0.281. The Bertz CT molecular complexity index is 1740. The number of anilines is 2. The first-order valence-electron chi connectivity index (χ1n) is 14.1. The lowest BCUT2D eigenvalue weighted by atomic mass is 10.0. The maximum atomic E-state index is 15.3. The van der Waals surface area contributed by atoms with Crippen molar-refractivity contribution in [1.82, 2.24) is 20.1 Å².